The molecule has 1 amide bonds. The second kappa shape index (κ2) is 9.00. The van der Waals surface area contributed by atoms with E-state index in [9.17, 15) is 14.0 Å². The molecule has 1 heterocycles. The second-order valence-electron chi connectivity index (χ2n) is 7.63. The van der Waals surface area contributed by atoms with Crippen LogP contribution in [0.15, 0.2) is 58.5 Å². The Morgan fingerprint density at radius 2 is 1.83 bits per heavy atom. The Hall–Kier alpha value is -2.67. The third kappa shape index (κ3) is 4.41. The number of thioether (sulfide) groups is 1. The zero-order valence-electron chi connectivity index (χ0n) is 16.8. The summed E-state index contributed by atoms with van der Waals surface area (Å²) >= 11 is 1.29. The summed E-state index contributed by atoms with van der Waals surface area (Å²) in [7, 11) is 0. The molecule has 1 atom stereocenters. The highest BCUT2D eigenvalue weighted by atomic mass is 32.2. The number of benzene rings is 2. The fourth-order valence-corrected chi connectivity index (χ4v) is 4.84. The van der Waals surface area contributed by atoms with Crippen molar-refractivity contribution in [3.05, 3.63) is 64.7 Å². The summed E-state index contributed by atoms with van der Waals surface area (Å²) in [6.07, 6.45) is 5.27. The van der Waals surface area contributed by atoms with Crippen molar-refractivity contribution in [2.75, 3.05) is 5.32 Å². The van der Waals surface area contributed by atoms with Gasteiger partial charge in [-0.15, -0.1) is 0 Å². The largest absolute Gasteiger partial charge is 0.325 e. The van der Waals surface area contributed by atoms with Gasteiger partial charge in [0.15, 0.2) is 5.16 Å². The molecule has 1 fully saturated rings. The van der Waals surface area contributed by atoms with E-state index in [4.69, 9.17) is 4.98 Å². The van der Waals surface area contributed by atoms with Crippen molar-refractivity contribution in [2.45, 2.75) is 55.5 Å². The topological polar surface area (TPSA) is 64.0 Å². The first kappa shape index (κ1) is 20.6. The van der Waals surface area contributed by atoms with Crippen molar-refractivity contribution in [1.29, 1.82) is 0 Å². The Kier molecular flexibility index (Phi) is 6.18. The Balaban J connectivity index is 1.64. The lowest BCUT2D eigenvalue weighted by molar-refractivity contribution is -0.115. The minimum atomic E-state index is -0.474. The average Bonchev–Trinajstić information content (AvgIpc) is 2.76. The lowest BCUT2D eigenvalue weighted by Gasteiger charge is -2.26. The van der Waals surface area contributed by atoms with Gasteiger partial charge in [0.2, 0.25) is 5.91 Å². The number of fused-ring (bicyclic) bond motifs is 1. The van der Waals surface area contributed by atoms with E-state index < -0.39 is 5.25 Å². The van der Waals surface area contributed by atoms with Gasteiger partial charge in [0.05, 0.1) is 16.2 Å². The molecule has 0 spiro atoms. The molecule has 0 aliphatic heterocycles. The number of para-hydroxylation sites is 1. The SMILES string of the molecule is CC(Sc1nc2ccccc2c(=O)n1C1CCCCC1)C(=O)Nc1ccc(F)cc1. The Morgan fingerprint density at radius 1 is 1.13 bits per heavy atom. The van der Waals surface area contributed by atoms with E-state index in [1.54, 1.807) is 11.5 Å². The van der Waals surface area contributed by atoms with Gasteiger partial charge in [-0.25, -0.2) is 9.37 Å². The maximum Gasteiger partial charge on any atom is 0.262 e. The zero-order chi connectivity index (χ0) is 21.1. The molecule has 2 aromatic carbocycles. The minimum Gasteiger partial charge on any atom is -0.325 e. The van der Waals surface area contributed by atoms with Crippen LogP contribution in [0.25, 0.3) is 10.9 Å². The summed E-state index contributed by atoms with van der Waals surface area (Å²) in [6.45, 7) is 1.79. The van der Waals surface area contributed by atoms with E-state index in [-0.39, 0.29) is 23.3 Å². The number of anilines is 1. The number of nitrogens with zero attached hydrogens (tertiary/aromatic N) is 2. The molecule has 156 valence electrons. The molecule has 1 N–H and O–H groups in total. The van der Waals surface area contributed by atoms with Gasteiger partial charge >= 0.3 is 0 Å². The van der Waals surface area contributed by atoms with Gasteiger partial charge in [0.25, 0.3) is 5.56 Å². The van der Waals surface area contributed by atoms with Gasteiger partial charge in [-0.2, -0.15) is 0 Å². The van der Waals surface area contributed by atoms with Crippen LogP contribution in [0.3, 0.4) is 0 Å². The molecule has 5 nitrogen and oxygen atoms in total. The monoisotopic (exact) mass is 425 g/mol. The van der Waals surface area contributed by atoms with Crippen molar-refractivity contribution in [2.24, 2.45) is 0 Å². The molecule has 3 aromatic rings. The number of hydrogen-bond acceptors (Lipinski definition) is 4. The highest BCUT2D eigenvalue weighted by molar-refractivity contribution is 8.00. The number of hydrogen-bond donors (Lipinski definition) is 1. The van der Waals surface area contributed by atoms with Crippen LogP contribution in [0.2, 0.25) is 0 Å². The molecule has 7 heteroatoms. The van der Waals surface area contributed by atoms with E-state index in [1.807, 2.05) is 24.3 Å². The van der Waals surface area contributed by atoms with Crippen LogP contribution in [0, 0.1) is 5.82 Å². The fraction of sp³-hybridized carbons (Fsp3) is 0.348. The highest BCUT2D eigenvalue weighted by Crippen LogP contribution is 2.32. The van der Waals surface area contributed by atoms with Crippen molar-refractivity contribution < 1.29 is 9.18 Å². The number of halogens is 1. The number of carbonyl (C=O) groups is 1. The van der Waals surface area contributed by atoms with Gasteiger partial charge in [0, 0.05) is 11.7 Å². The third-order valence-electron chi connectivity index (χ3n) is 5.48. The van der Waals surface area contributed by atoms with Crippen LogP contribution in [0.1, 0.15) is 45.1 Å². The zero-order valence-corrected chi connectivity index (χ0v) is 17.6. The quantitative estimate of drug-likeness (QED) is 0.453. The first-order chi connectivity index (χ1) is 14.5. The highest BCUT2D eigenvalue weighted by Gasteiger charge is 2.24. The Bertz CT molecular complexity index is 1110. The van der Waals surface area contributed by atoms with Crippen LogP contribution < -0.4 is 10.9 Å². The van der Waals surface area contributed by atoms with Crippen LogP contribution in [0.4, 0.5) is 10.1 Å². The molecule has 0 bridgehead atoms. The maximum absolute atomic E-state index is 13.3. The molecule has 0 saturated heterocycles. The molecule has 0 radical (unpaired) electrons. The summed E-state index contributed by atoms with van der Waals surface area (Å²) in [5.74, 6) is -0.573. The van der Waals surface area contributed by atoms with E-state index in [1.165, 1.54) is 42.4 Å². The standard InChI is InChI=1S/C23H24FN3O2S/c1-15(21(28)25-17-13-11-16(24)12-14-17)30-23-26-20-10-6-5-9-19(20)22(29)27(23)18-7-3-2-4-8-18/h5-6,9-15,18H,2-4,7-8H2,1H3,(H,25,28). The van der Waals surface area contributed by atoms with Crippen LogP contribution in [-0.2, 0) is 4.79 Å². The summed E-state index contributed by atoms with van der Waals surface area (Å²) in [5.41, 5.74) is 1.13. The van der Waals surface area contributed by atoms with E-state index >= 15 is 0 Å². The van der Waals surface area contributed by atoms with Gasteiger partial charge in [0.1, 0.15) is 5.82 Å². The fourth-order valence-electron chi connectivity index (χ4n) is 3.86. The van der Waals surface area contributed by atoms with E-state index in [0.29, 0.717) is 21.7 Å². The number of carbonyl (C=O) groups excluding carboxylic acids is 1. The average molecular weight is 426 g/mol. The predicted molar refractivity (Wildman–Crippen MR) is 118 cm³/mol. The normalized spacial score (nSPS) is 15.8. The molecule has 1 saturated carbocycles. The number of aromatic nitrogens is 2. The molecule has 1 aromatic heterocycles. The molecule has 1 aliphatic carbocycles. The van der Waals surface area contributed by atoms with Gasteiger partial charge in [-0.1, -0.05) is 43.2 Å². The van der Waals surface area contributed by atoms with Gasteiger partial charge in [-0.3, -0.25) is 14.2 Å². The number of nitrogens with one attached hydrogen (secondary N) is 1. The summed E-state index contributed by atoms with van der Waals surface area (Å²) in [6, 6.07) is 13.1. The third-order valence-corrected chi connectivity index (χ3v) is 6.54. The molecular formula is C23H24FN3O2S. The van der Waals surface area contributed by atoms with Gasteiger partial charge in [-0.05, 0) is 56.2 Å². The summed E-state index contributed by atoms with van der Waals surface area (Å²) in [5, 5.41) is 3.51. The van der Waals surface area contributed by atoms with Crippen LogP contribution in [0.5, 0.6) is 0 Å². The van der Waals surface area contributed by atoms with Crippen LogP contribution >= 0.6 is 11.8 Å². The maximum atomic E-state index is 13.3. The molecule has 1 aliphatic rings. The van der Waals surface area contributed by atoms with Crippen molar-refractivity contribution in [1.82, 2.24) is 9.55 Å². The Labute approximate surface area is 178 Å². The molecule has 4 rings (SSSR count). The van der Waals surface area contributed by atoms with E-state index in [2.05, 4.69) is 5.32 Å². The number of rotatable bonds is 5. The van der Waals surface area contributed by atoms with Crippen molar-refractivity contribution >= 4 is 34.3 Å². The Morgan fingerprint density at radius 3 is 2.57 bits per heavy atom. The smallest absolute Gasteiger partial charge is 0.262 e. The molecule has 1 unspecified atom stereocenters. The minimum absolute atomic E-state index is 0.0406. The van der Waals surface area contributed by atoms with Crippen LogP contribution in [-0.4, -0.2) is 20.7 Å². The predicted octanol–water partition coefficient (Wildman–Crippen LogP) is 5.16. The summed E-state index contributed by atoms with van der Waals surface area (Å²) in [4.78, 5) is 30.7. The summed E-state index contributed by atoms with van der Waals surface area (Å²) < 4.78 is 14.9. The lowest BCUT2D eigenvalue weighted by Crippen LogP contribution is -2.30. The lowest BCUT2D eigenvalue weighted by atomic mass is 9.95. The van der Waals surface area contributed by atoms with Gasteiger partial charge < -0.3 is 5.32 Å². The van der Waals surface area contributed by atoms with Crippen molar-refractivity contribution in [3.63, 3.8) is 0 Å². The number of amides is 1. The second-order valence-corrected chi connectivity index (χ2v) is 8.94. The van der Waals surface area contributed by atoms with Crippen molar-refractivity contribution in [3.8, 4) is 0 Å². The molecular weight excluding hydrogens is 401 g/mol. The van der Waals surface area contributed by atoms with E-state index in [0.717, 1.165) is 25.7 Å². The first-order valence-corrected chi connectivity index (χ1v) is 11.2. The first-order valence-electron chi connectivity index (χ1n) is 10.3. The molecule has 30 heavy (non-hydrogen) atoms.